The van der Waals surface area contributed by atoms with Gasteiger partial charge < -0.3 is 15.4 Å². The van der Waals surface area contributed by atoms with E-state index in [0.717, 1.165) is 37.9 Å². The van der Waals surface area contributed by atoms with Crippen molar-refractivity contribution >= 4 is 29.1 Å². The van der Waals surface area contributed by atoms with E-state index in [1.165, 1.54) is 6.42 Å². The highest BCUT2D eigenvalue weighted by atomic mass is 35.5. The average molecular weight is 429 g/mol. The van der Waals surface area contributed by atoms with Crippen LogP contribution in [0.5, 0.6) is 5.75 Å². The van der Waals surface area contributed by atoms with Crippen molar-refractivity contribution in [3.8, 4) is 5.75 Å². The monoisotopic (exact) mass is 428 g/mol. The number of hydrogen-bond acceptors (Lipinski definition) is 3. The Morgan fingerprint density at radius 3 is 2.43 bits per heavy atom. The van der Waals surface area contributed by atoms with Gasteiger partial charge >= 0.3 is 0 Å². The van der Waals surface area contributed by atoms with E-state index in [-0.39, 0.29) is 24.0 Å². The highest BCUT2D eigenvalue weighted by Gasteiger charge is 2.19. The van der Waals surface area contributed by atoms with Crippen LogP contribution >= 0.6 is 11.6 Å². The fraction of sp³-hybridized carbons (Fsp3) is 0.417. The van der Waals surface area contributed by atoms with Crippen molar-refractivity contribution in [3.05, 3.63) is 58.6 Å². The summed E-state index contributed by atoms with van der Waals surface area (Å²) < 4.78 is 5.74. The minimum absolute atomic E-state index is 0.122. The SMILES string of the molecule is CCC(C)Oc1ccc(C(=O)Nc2ccc(Cl)c(C(=O)NC3CCCCC3)c2)cc1. The molecule has 0 saturated heterocycles. The summed E-state index contributed by atoms with van der Waals surface area (Å²) in [5, 5.41) is 6.27. The quantitative estimate of drug-likeness (QED) is 0.582. The zero-order chi connectivity index (χ0) is 21.5. The van der Waals surface area contributed by atoms with E-state index in [1.807, 2.05) is 6.92 Å². The molecule has 2 N–H and O–H groups in total. The average Bonchev–Trinajstić information content (AvgIpc) is 2.76. The highest BCUT2D eigenvalue weighted by Crippen LogP contribution is 2.23. The lowest BCUT2D eigenvalue weighted by Gasteiger charge is -2.23. The van der Waals surface area contributed by atoms with Gasteiger partial charge in [-0.1, -0.05) is 37.8 Å². The molecule has 1 fully saturated rings. The van der Waals surface area contributed by atoms with Gasteiger partial charge in [0.2, 0.25) is 0 Å². The van der Waals surface area contributed by atoms with Crippen molar-refractivity contribution < 1.29 is 14.3 Å². The Hall–Kier alpha value is -2.53. The summed E-state index contributed by atoms with van der Waals surface area (Å²) >= 11 is 6.25. The van der Waals surface area contributed by atoms with Crippen LogP contribution in [0.15, 0.2) is 42.5 Å². The molecule has 5 nitrogen and oxygen atoms in total. The molecule has 0 spiro atoms. The predicted octanol–water partition coefficient (Wildman–Crippen LogP) is 5.83. The summed E-state index contributed by atoms with van der Waals surface area (Å²) in [7, 11) is 0. The van der Waals surface area contributed by atoms with Gasteiger partial charge in [0.1, 0.15) is 5.75 Å². The number of amides is 2. The third-order valence-corrected chi connectivity index (χ3v) is 5.77. The number of benzene rings is 2. The Balaban J connectivity index is 1.65. The molecule has 160 valence electrons. The van der Waals surface area contributed by atoms with Crippen molar-refractivity contribution in [2.24, 2.45) is 0 Å². The first-order valence-electron chi connectivity index (χ1n) is 10.6. The zero-order valence-corrected chi connectivity index (χ0v) is 18.3. The second-order valence-corrected chi connectivity index (χ2v) is 8.23. The third kappa shape index (κ3) is 5.99. The van der Waals surface area contributed by atoms with Crippen LogP contribution in [-0.4, -0.2) is 24.0 Å². The Morgan fingerprint density at radius 2 is 1.77 bits per heavy atom. The van der Waals surface area contributed by atoms with Gasteiger partial charge in [-0.25, -0.2) is 0 Å². The maximum atomic E-state index is 12.7. The maximum absolute atomic E-state index is 12.7. The summed E-state index contributed by atoms with van der Waals surface area (Å²) in [6, 6.07) is 12.2. The number of ether oxygens (including phenoxy) is 1. The van der Waals surface area contributed by atoms with Crippen LogP contribution in [0.3, 0.4) is 0 Å². The van der Waals surface area contributed by atoms with Crippen LogP contribution in [-0.2, 0) is 0 Å². The standard InChI is InChI=1S/C24H29ClN2O3/c1-3-16(2)30-20-12-9-17(10-13-20)23(28)27-19-11-14-22(25)21(15-19)24(29)26-18-7-5-4-6-8-18/h9-16,18H,3-8H2,1-2H3,(H,26,29)(H,27,28). The molecular weight excluding hydrogens is 400 g/mol. The van der Waals surface area contributed by atoms with E-state index in [9.17, 15) is 9.59 Å². The molecule has 1 unspecified atom stereocenters. The van der Waals surface area contributed by atoms with Gasteiger partial charge in [-0.05, 0) is 68.7 Å². The van der Waals surface area contributed by atoms with E-state index in [2.05, 4.69) is 17.6 Å². The van der Waals surface area contributed by atoms with E-state index < -0.39 is 0 Å². The molecule has 0 aromatic heterocycles. The largest absolute Gasteiger partial charge is 0.491 e. The molecule has 0 bridgehead atoms. The van der Waals surface area contributed by atoms with Gasteiger partial charge in [0.05, 0.1) is 16.7 Å². The minimum Gasteiger partial charge on any atom is -0.491 e. The highest BCUT2D eigenvalue weighted by molar-refractivity contribution is 6.34. The Bertz CT molecular complexity index is 877. The van der Waals surface area contributed by atoms with Crippen LogP contribution in [0.1, 0.15) is 73.1 Å². The number of hydrogen-bond donors (Lipinski definition) is 2. The molecular formula is C24H29ClN2O3. The summed E-state index contributed by atoms with van der Waals surface area (Å²) in [6.07, 6.45) is 6.52. The molecule has 1 atom stereocenters. The van der Waals surface area contributed by atoms with Crippen molar-refractivity contribution in [2.45, 2.75) is 64.5 Å². The minimum atomic E-state index is -0.258. The Labute approximate surface area is 183 Å². The first kappa shape index (κ1) is 22.2. The fourth-order valence-electron chi connectivity index (χ4n) is 3.49. The van der Waals surface area contributed by atoms with Crippen LogP contribution in [0.4, 0.5) is 5.69 Å². The second kappa shape index (κ2) is 10.5. The number of carbonyl (C=O) groups is 2. The van der Waals surface area contributed by atoms with Gasteiger partial charge in [0.25, 0.3) is 11.8 Å². The molecule has 3 rings (SSSR count). The van der Waals surface area contributed by atoms with Gasteiger partial charge in [-0.15, -0.1) is 0 Å². The molecule has 2 aromatic rings. The lowest BCUT2D eigenvalue weighted by atomic mass is 9.95. The molecule has 1 aliphatic rings. The van der Waals surface area contributed by atoms with Crippen LogP contribution in [0.25, 0.3) is 0 Å². The summed E-state index contributed by atoms with van der Waals surface area (Å²) in [5.74, 6) is 0.273. The molecule has 1 aliphatic carbocycles. The van der Waals surface area contributed by atoms with Crippen molar-refractivity contribution in [1.82, 2.24) is 5.32 Å². The number of anilines is 1. The summed E-state index contributed by atoms with van der Waals surface area (Å²) in [4.78, 5) is 25.3. The van der Waals surface area contributed by atoms with E-state index in [4.69, 9.17) is 16.3 Å². The third-order valence-electron chi connectivity index (χ3n) is 5.44. The molecule has 1 saturated carbocycles. The smallest absolute Gasteiger partial charge is 0.255 e. The van der Waals surface area contributed by atoms with Gasteiger partial charge in [-0.2, -0.15) is 0 Å². The van der Waals surface area contributed by atoms with Crippen LogP contribution in [0.2, 0.25) is 5.02 Å². The first-order chi connectivity index (χ1) is 14.5. The van der Waals surface area contributed by atoms with E-state index in [1.54, 1.807) is 42.5 Å². The van der Waals surface area contributed by atoms with E-state index in [0.29, 0.717) is 21.8 Å². The predicted molar refractivity (Wildman–Crippen MR) is 121 cm³/mol. The number of carbonyl (C=O) groups excluding carboxylic acids is 2. The second-order valence-electron chi connectivity index (χ2n) is 7.82. The lowest BCUT2D eigenvalue weighted by molar-refractivity contribution is 0.0926. The molecule has 2 amide bonds. The Morgan fingerprint density at radius 1 is 1.07 bits per heavy atom. The molecule has 30 heavy (non-hydrogen) atoms. The summed E-state index contributed by atoms with van der Waals surface area (Å²) in [6.45, 7) is 4.06. The van der Waals surface area contributed by atoms with Gasteiger partial charge in [-0.3, -0.25) is 9.59 Å². The number of halogens is 1. The first-order valence-corrected chi connectivity index (χ1v) is 11.0. The fourth-order valence-corrected chi connectivity index (χ4v) is 3.69. The molecule has 6 heteroatoms. The topological polar surface area (TPSA) is 67.4 Å². The number of rotatable bonds is 7. The van der Waals surface area contributed by atoms with Gasteiger partial charge in [0.15, 0.2) is 0 Å². The molecule has 2 aromatic carbocycles. The zero-order valence-electron chi connectivity index (χ0n) is 17.5. The van der Waals surface area contributed by atoms with E-state index >= 15 is 0 Å². The molecule has 0 heterocycles. The molecule has 0 aliphatic heterocycles. The van der Waals surface area contributed by atoms with Crippen LogP contribution < -0.4 is 15.4 Å². The van der Waals surface area contributed by atoms with Crippen molar-refractivity contribution in [1.29, 1.82) is 0 Å². The van der Waals surface area contributed by atoms with Gasteiger partial charge in [0, 0.05) is 17.3 Å². The van der Waals surface area contributed by atoms with Crippen molar-refractivity contribution in [2.75, 3.05) is 5.32 Å². The normalized spacial score (nSPS) is 15.3. The summed E-state index contributed by atoms with van der Waals surface area (Å²) in [5.41, 5.74) is 1.41. The van der Waals surface area contributed by atoms with Crippen molar-refractivity contribution in [3.63, 3.8) is 0 Å². The maximum Gasteiger partial charge on any atom is 0.255 e. The molecule has 0 radical (unpaired) electrons. The Kier molecular flexibility index (Phi) is 7.75. The lowest BCUT2D eigenvalue weighted by Crippen LogP contribution is -2.36. The number of nitrogens with one attached hydrogen (secondary N) is 2. The van der Waals surface area contributed by atoms with Crippen LogP contribution in [0, 0.1) is 0 Å².